The third kappa shape index (κ3) is 3.06. The highest BCUT2D eigenvalue weighted by molar-refractivity contribution is 7.17. The van der Waals surface area contributed by atoms with Crippen molar-refractivity contribution >= 4 is 33.2 Å². The molecule has 4 aromatic rings. The number of aromatic nitrogens is 2. The maximum Gasteiger partial charge on any atom is 0.231 e. The van der Waals surface area contributed by atoms with Crippen LogP contribution in [0.4, 0.5) is 8.78 Å². The van der Waals surface area contributed by atoms with Crippen LogP contribution in [0.3, 0.4) is 0 Å². The first kappa shape index (κ1) is 15.9. The van der Waals surface area contributed by atoms with Crippen molar-refractivity contribution in [1.29, 1.82) is 0 Å². The number of benzene rings is 2. The zero-order valence-corrected chi connectivity index (χ0v) is 14.1. The summed E-state index contributed by atoms with van der Waals surface area (Å²) in [5.74, 6) is -0.141. The van der Waals surface area contributed by atoms with Crippen molar-refractivity contribution in [1.82, 2.24) is 9.97 Å². The van der Waals surface area contributed by atoms with E-state index in [-0.39, 0.29) is 10.8 Å². The molecule has 0 bridgehead atoms. The zero-order chi connectivity index (χ0) is 17.4. The van der Waals surface area contributed by atoms with Crippen LogP contribution in [0.1, 0.15) is 0 Å². The lowest BCUT2D eigenvalue weighted by Crippen LogP contribution is -1.91. The summed E-state index contributed by atoms with van der Waals surface area (Å²) in [6.45, 7) is 0. The number of fused-ring (bicyclic) bond motifs is 1. The molecule has 25 heavy (non-hydrogen) atoms. The fourth-order valence-corrected chi connectivity index (χ4v) is 3.50. The van der Waals surface area contributed by atoms with Gasteiger partial charge < -0.3 is 4.74 Å². The first-order valence-electron chi connectivity index (χ1n) is 7.23. The minimum atomic E-state index is -0.524. The van der Waals surface area contributed by atoms with Crippen molar-refractivity contribution in [2.24, 2.45) is 0 Å². The minimum absolute atomic E-state index is 0.0353. The van der Waals surface area contributed by atoms with Gasteiger partial charge in [0.1, 0.15) is 28.5 Å². The molecule has 0 aliphatic rings. The number of hydrogen-bond donors (Lipinski definition) is 0. The Morgan fingerprint density at radius 1 is 1.00 bits per heavy atom. The molecule has 7 heteroatoms. The molecule has 2 aromatic heterocycles. The Morgan fingerprint density at radius 2 is 1.80 bits per heavy atom. The second kappa shape index (κ2) is 6.38. The van der Waals surface area contributed by atoms with Gasteiger partial charge >= 0.3 is 0 Å². The van der Waals surface area contributed by atoms with Crippen LogP contribution in [-0.4, -0.2) is 9.97 Å². The monoisotopic (exact) mass is 374 g/mol. The Balaban J connectivity index is 1.82. The highest BCUT2D eigenvalue weighted by atomic mass is 35.5. The van der Waals surface area contributed by atoms with Crippen molar-refractivity contribution in [2.75, 3.05) is 0 Å². The number of rotatable bonds is 3. The lowest BCUT2D eigenvalue weighted by molar-refractivity contribution is 0.467. The summed E-state index contributed by atoms with van der Waals surface area (Å²) in [5.41, 5.74) is 1.66. The molecule has 0 aliphatic carbocycles. The molecule has 2 aromatic carbocycles. The largest absolute Gasteiger partial charge is 0.438 e. The summed E-state index contributed by atoms with van der Waals surface area (Å²) in [6, 6.07) is 10.2. The third-order valence-electron chi connectivity index (χ3n) is 3.60. The van der Waals surface area contributed by atoms with E-state index in [9.17, 15) is 8.78 Å². The van der Waals surface area contributed by atoms with Crippen molar-refractivity contribution in [3.05, 3.63) is 70.8 Å². The molecule has 4 rings (SSSR count). The minimum Gasteiger partial charge on any atom is -0.438 e. The SMILES string of the molecule is Fc1ccc(-c2csc3ncnc(Oc4ccc(F)c(Cl)c4)c23)cc1. The lowest BCUT2D eigenvalue weighted by Gasteiger charge is -2.08. The Morgan fingerprint density at radius 3 is 2.56 bits per heavy atom. The average molecular weight is 375 g/mol. The first-order chi connectivity index (χ1) is 12.1. The van der Waals surface area contributed by atoms with Gasteiger partial charge in [-0.15, -0.1) is 11.3 Å². The van der Waals surface area contributed by atoms with E-state index in [0.29, 0.717) is 17.0 Å². The number of hydrogen-bond acceptors (Lipinski definition) is 4. The fraction of sp³-hybridized carbons (Fsp3) is 0. The summed E-state index contributed by atoms with van der Waals surface area (Å²) in [7, 11) is 0. The van der Waals surface area contributed by atoms with Gasteiger partial charge in [0.2, 0.25) is 5.88 Å². The molecule has 0 N–H and O–H groups in total. The van der Waals surface area contributed by atoms with Gasteiger partial charge in [0.15, 0.2) is 0 Å². The summed E-state index contributed by atoms with van der Waals surface area (Å²) in [6.07, 6.45) is 1.40. The molecule has 0 radical (unpaired) electrons. The number of ether oxygens (including phenoxy) is 1. The molecule has 0 spiro atoms. The summed E-state index contributed by atoms with van der Waals surface area (Å²) in [4.78, 5) is 9.17. The standard InChI is InChI=1S/C18H9ClF2N2OS/c19-14-7-12(5-6-15(14)21)24-17-16-13(8-25-18(16)23-9-22-17)10-1-3-11(20)4-2-10/h1-9H. The average Bonchev–Trinajstić information content (AvgIpc) is 3.04. The van der Waals surface area contributed by atoms with E-state index in [4.69, 9.17) is 16.3 Å². The van der Waals surface area contributed by atoms with Crippen LogP contribution in [0.15, 0.2) is 54.2 Å². The van der Waals surface area contributed by atoms with Crippen LogP contribution in [0, 0.1) is 11.6 Å². The molecule has 0 fully saturated rings. The zero-order valence-electron chi connectivity index (χ0n) is 12.5. The smallest absolute Gasteiger partial charge is 0.231 e. The summed E-state index contributed by atoms with van der Waals surface area (Å²) in [5, 5.41) is 2.59. The fourth-order valence-electron chi connectivity index (χ4n) is 2.42. The van der Waals surface area contributed by atoms with Gasteiger partial charge in [0, 0.05) is 17.0 Å². The highest BCUT2D eigenvalue weighted by Crippen LogP contribution is 2.39. The Bertz CT molecular complexity index is 1070. The van der Waals surface area contributed by atoms with Crippen molar-refractivity contribution in [3.8, 4) is 22.8 Å². The van der Waals surface area contributed by atoms with Gasteiger partial charge in [-0.05, 0) is 29.8 Å². The van der Waals surface area contributed by atoms with E-state index in [1.54, 1.807) is 12.1 Å². The molecule has 0 unspecified atom stereocenters. The molecule has 0 saturated carbocycles. The van der Waals surface area contributed by atoms with Crippen molar-refractivity contribution in [3.63, 3.8) is 0 Å². The van der Waals surface area contributed by atoms with E-state index >= 15 is 0 Å². The number of halogens is 3. The molecule has 0 aliphatic heterocycles. The van der Waals surface area contributed by atoms with E-state index in [1.807, 2.05) is 5.38 Å². The number of nitrogens with zero attached hydrogens (tertiary/aromatic N) is 2. The lowest BCUT2D eigenvalue weighted by atomic mass is 10.1. The normalized spacial score (nSPS) is 11.0. The number of thiophene rings is 1. The third-order valence-corrected chi connectivity index (χ3v) is 4.77. The molecule has 3 nitrogen and oxygen atoms in total. The Labute approximate surface area is 150 Å². The maximum absolute atomic E-state index is 13.3. The van der Waals surface area contributed by atoms with Gasteiger partial charge in [-0.3, -0.25) is 0 Å². The first-order valence-corrected chi connectivity index (χ1v) is 8.48. The van der Waals surface area contributed by atoms with Crippen LogP contribution < -0.4 is 4.74 Å². The molecule has 0 amide bonds. The van der Waals surface area contributed by atoms with Crippen molar-refractivity contribution < 1.29 is 13.5 Å². The van der Waals surface area contributed by atoms with Crippen LogP contribution in [0.2, 0.25) is 5.02 Å². The second-order valence-corrected chi connectivity index (χ2v) is 6.46. The summed E-state index contributed by atoms with van der Waals surface area (Å²) >= 11 is 7.23. The van der Waals surface area contributed by atoms with Gasteiger partial charge in [-0.25, -0.2) is 18.7 Å². The molecule has 124 valence electrons. The quantitative estimate of drug-likeness (QED) is 0.435. The molecular weight excluding hydrogens is 366 g/mol. The second-order valence-electron chi connectivity index (χ2n) is 5.19. The molecule has 0 saturated heterocycles. The van der Waals surface area contributed by atoms with Gasteiger partial charge in [-0.2, -0.15) is 0 Å². The Hall–Kier alpha value is -2.57. The molecule has 2 heterocycles. The van der Waals surface area contributed by atoms with E-state index < -0.39 is 5.82 Å². The Kier molecular flexibility index (Phi) is 4.07. The van der Waals surface area contributed by atoms with Crippen LogP contribution >= 0.6 is 22.9 Å². The van der Waals surface area contributed by atoms with Gasteiger partial charge in [-0.1, -0.05) is 23.7 Å². The molecule has 0 atom stereocenters. The van der Waals surface area contributed by atoms with E-state index in [0.717, 1.165) is 16.0 Å². The van der Waals surface area contributed by atoms with Crippen LogP contribution in [-0.2, 0) is 0 Å². The molecular formula is C18H9ClF2N2OS. The topological polar surface area (TPSA) is 35.0 Å². The van der Waals surface area contributed by atoms with Crippen LogP contribution in [0.5, 0.6) is 11.6 Å². The van der Waals surface area contributed by atoms with Crippen molar-refractivity contribution in [2.45, 2.75) is 0 Å². The predicted octanol–water partition coefficient (Wildman–Crippen LogP) is 6.08. The van der Waals surface area contributed by atoms with Gasteiger partial charge in [0.25, 0.3) is 0 Å². The van der Waals surface area contributed by atoms with Crippen LogP contribution in [0.25, 0.3) is 21.3 Å². The van der Waals surface area contributed by atoms with Gasteiger partial charge in [0.05, 0.1) is 10.4 Å². The van der Waals surface area contributed by atoms with E-state index in [1.165, 1.54) is 48.0 Å². The maximum atomic E-state index is 13.3. The summed E-state index contributed by atoms with van der Waals surface area (Å²) < 4.78 is 32.3. The van der Waals surface area contributed by atoms with E-state index in [2.05, 4.69) is 9.97 Å². The predicted molar refractivity (Wildman–Crippen MR) is 94.3 cm³/mol. The highest BCUT2D eigenvalue weighted by Gasteiger charge is 2.15.